The predicted molar refractivity (Wildman–Crippen MR) is 131 cm³/mol. The minimum absolute atomic E-state index is 0.141. The van der Waals surface area contributed by atoms with E-state index in [0.717, 1.165) is 29.2 Å². The molecule has 0 bridgehead atoms. The number of para-hydroxylation sites is 1. The van der Waals surface area contributed by atoms with E-state index in [1.807, 2.05) is 73.7 Å². The highest BCUT2D eigenvalue weighted by atomic mass is 32.1. The summed E-state index contributed by atoms with van der Waals surface area (Å²) in [6.45, 7) is 6.27. The zero-order valence-electron chi connectivity index (χ0n) is 18.1. The molecule has 3 aromatic carbocycles. The van der Waals surface area contributed by atoms with Gasteiger partial charge in [0, 0.05) is 5.69 Å². The molecule has 0 saturated heterocycles. The van der Waals surface area contributed by atoms with Gasteiger partial charge in [-0.25, -0.2) is 0 Å². The number of hydrogen-bond donors (Lipinski definition) is 2. The molecule has 0 fully saturated rings. The number of benzene rings is 3. The molecule has 0 saturated carbocycles. The molecule has 4 nitrogen and oxygen atoms in total. The zero-order valence-corrected chi connectivity index (χ0v) is 18.9. The lowest BCUT2D eigenvalue weighted by Crippen LogP contribution is -2.36. The maximum atomic E-state index is 12.6. The van der Waals surface area contributed by atoms with Crippen molar-refractivity contribution in [1.29, 1.82) is 0 Å². The number of thiocarbonyl (C=S) groups is 1. The number of rotatable bonds is 7. The SMILES string of the molecule is CC(C)Cc1ccc(C(C)C(=O)NC(=S)Nc2ccc(Oc3ccccc3)cc2)cc1. The molecule has 0 heterocycles. The maximum Gasteiger partial charge on any atom is 0.233 e. The van der Waals surface area contributed by atoms with Crippen molar-refractivity contribution in [2.24, 2.45) is 5.92 Å². The van der Waals surface area contributed by atoms with Gasteiger partial charge in [0.15, 0.2) is 5.11 Å². The van der Waals surface area contributed by atoms with Crippen LogP contribution in [-0.2, 0) is 11.2 Å². The van der Waals surface area contributed by atoms with E-state index in [2.05, 4.69) is 36.6 Å². The third-order valence-corrected chi connectivity index (χ3v) is 5.05. The molecule has 2 N–H and O–H groups in total. The molecule has 0 radical (unpaired) electrons. The lowest BCUT2D eigenvalue weighted by molar-refractivity contribution is -0.120. The highest BCUT2D eigenvalue weighted by molar-refractivity contribution is 7.80. The Morgan fingerprint density at radius 3 is 2.10 bits per heavy atom. The first-order valence-corrected chi connectivity index (χ1v) is 10.8. The van der Waals surface area contributed by atoms with Crippen molar-refractivity contribution in [2.45, 2.75) is 33.1 Å². The van der Waals surface area contributed by atoms with Crippen molar-refractivity contribution in [1.82, 2.24) is 5.32 Å². The number of anilines is 1. The van der Waals surface area contributed by atoms with Crippen LogP contribution in [0.4, 0.5) is 5.69 Å². The van der Waals surface area contributed by atoms with Crippen LogP contribution in [0.3, 0.4) is 0 Å². The quantitative estimate of drug-likeness (QED) is 0.431. The molecule has 160 valence electrons. The first kappa shape index (κ1) is 22.5. The normalized spacial score (nSPS) is 11.6. The number of hydrogen-bond acceptors (Lipinski definition) is 3. The second-order valence-electron chi connectivity index (χ2n) is 7.94. The van der Waals surface area contributed by atoms with Crippen LogP contribution in [0.25, 0.3) is 0 Å². The van der Waals surface area contributed by atoms with E-state index < -0.39 is 0 Å². The topological polar surface area (TPSA) is 50.4 Å². The Morgan fingerprint density at radius 1 is 0.871 bits per heavy atom. The molecule has 0 aliphatic heterocycles. The van der Waals surface area contributed by atoms with Crippen LogP contribution in [-0.4, -0.2) is 11.0 Å². The standard InChI is InChI=1S/C26H28N2O2S/c1-18(2)17-20-9-11-21(12-10-20)19(3)25(29)28-26(31)27-22-13-15-24(16-14-22)30-23-7-5-4-6-8-23/h4-16,18-19H,17H2,1-3H3,(H2,27,28,29,31). The molecule has 1 atom stereocenters. The summed E-state index contributed by atoms with van der Waals surface area (Å²) in [7, 11) is 0. The maximum absolute atomic E-state index is 12.6. The fourth-order valence-electron chi connectivity index (χ4n) is 3.18. The fraction of sp³-hybridized carbons (Fsp3) is 0.231. The largest absolute Gasteiger partial charge is 0.457 e. The Morgan fingerprint density at radius 2 is 1.48 bits per heavy atom. The van der Waals surface area contributed by atoms with Gasteiger partial charge in [-0.1, -0.05) is 56.3 Å². The molecule has 3 rings (SSSR count). The minimum Gasteiger partial charge on any atom is -0.457 e. The number of ether oxygens (including phenoxy) is 1. The lowest BCUT2D eigenvalue weighted by Gasteiger charge is -2.15. The van der Waals surface area contributed by atoms with Gasteiger partial charge in [-0.3, -0.25) is 4.79 Å². The van der Waals surface area contributed by atoms with E-state index in [9.17, 15) is 4.79 Å². The summed E-state index contributed by atoms with van der Waals surface area (Å²) in [5, 5.41) is 6.09. The summed E-state index contributed by atoms with van der Waals surface area (Å²) in [4.78, 5) is 12.6. The van der Waals surface area contributed by atoms with Crippen molar-refractivity contribution in [2.75, 3.05) is 5.32 Å². The van der Waals surface area contributed by atoms with Crippen LogP contribution in [0.15, 0.2) is 78.9 Å². The third kappa shape index (κ3) is 6.93. The predicted octanol–water partition coefficient (Wildman–Crippen LogP) is 6.29. The monoisotopic (exact) mass is 432 g/mol. The molecule has 0 aliphatic rings. The van der Waals surface area contributed by atoms with Gasteiger partial charge in [0.25, 0.3) is 0 Å². The number of nitrogens with one attached hydrogen (secondary N) is 2. The molecule has 0 spiro atoms. The van der Waals surface area contributed by atoms with E-state index in [0.29, 0.717) is 5.92 Å². The Hall–Kier alpha value is -3.18. The zero-order chi connectivity index (χ0) is 22.2. The Labute approximate surface area is 189 Å². The number of carbonyl (C=O) groups excluding carboxylic acids is 1. The Balaban J connectivity index is 1.52. The molecule has 1 unspecified atom stereocenters. The first-order chi connectivity index (χ1) is 14.9. The summed E-state index contributed by atoms with van der Waals surface area (Å²) in [6.07, 6.45) is 1.03. The van der Waals surface area contributed by atoms with Crippen LogP contribution in [0.1, 0.15) is 37.8 Å². The van der Waals surface area contributed by atoms with Gasteiger partial charge in [0.2, 0.25) is 5.91 Å². The Bertz CT molecular complexity index is 1000. The van der Waals surface area contributed by atoms with Crippen LogP contribution in [0, 0.1) is 5.92 Å². The summed E-state index contributed by atoms with van der Waals surface area (Å²) < 4.78 is 5.78. The molecule has 1 amide bonds. The van der Waals surface area contributed by atoms with Gasteiger partial charge in [0.05, 0.1) is 5.92 Å². The van der Waals surface area contributed by atoms with Crippen LogP contribution in [0.5, 0.6) is 11.5 Å². The van der Waals surface area contributed by atoms with Gasteiger partial charge >= 0.3 is 0 Å². The van der Waals surface area contributed by atoms with Crippen molar-refractivity contribution < 1.29 is 9.53 Å². The molecular formula is C26H28N2O2S. The summed E-state index contributed by atoms with van der Waals surface area (Å²) in [6, 6.07) is 25.2. The van der Waals surface area contributed by atoms with Crippen molar-refractivity contribution in [3.05, 3.63) is 90.0 Å². The third-order valence-electron chi connectivity index (χ3n) is 4.84. The molecule has 3 aromatic rings. The van der Waals surface area contributed by atoms with Crippen LogP contribution >= 0.6 is 12.2 Å². The molecule has 5 heteroatoms. The van der Waals surface area contributed by atoms with Gasteiger partial charge in [-0.2, -0.15) is 0 Å². The van der Waals surface area contributed by atoms with Gasteiger partial charge in [-0.05, 0) is 79.0 Å². The van der Waals surface area contributed by atoms with Gasteiger partial charge in [0.1, 0.15) is 11.5 Å². The van der Waals surface area contributed by atoms with Crippen LogP contribution in [0.2, 0.25) is 0 Å². The average molecular weight is 433 g/mol. The lowest BCUT2D eigenvalue weighted by atomic mass is 9.96. The minimum atomic E-state index is -0.297. The van der Waals surface area contributed by atoms with E-state index >= 15 is 0 Å². The second-order valence-corrected chi connectivity index (χ2v) is 8.35. The van der Waals surface area contributed by atoms with Crippen molar-refractivity contribution in [3.8, 4) is 11.5 Å². The first-order valence-electron chi connectivity index (χ1n) is 10.4. The number of amides is 1. The van der Waals surface area contributed by atoms with E-state index in [-0.39, 0.29) is 16.9 Å². The van der Waals surface area contributed by atoms with Crippen molar-refractivity contribution in [3.63, 3.8) is 0 Å². The number of carbonyl (C=O) groups is 1. The van der Waals surface area contributed by atoms with Crippen LogP contribution < -0.4 is 15.4 Å². The van der Waals surface area contributed by atoms with Gasteiger partial charge in [-0.15, -0.1) is 0 Å². The van der Waals surface area contributed by atoms with E-state index in [1.165, 1.54) is 5.56 Å². The molecule has 0 aromatic heterocycles. The van der Waals surface area contributed by atoms with Gasteiger partial charge < -0.3 is 15.4 Å². The average Bonchev–Trinajstić information content (AvgIpc) is 2.75. The Kier molecular flexibility index (Phi) is 7.79. The van der Waals surface area contributed by atoms with E-state index in [1.54, 1.807) is 0 Å². The summed E-state index contributed by atoms with van der Waals surface area (Å²) in [5.41, 5.74) is 3.02. The molecular weight excluding hydrogens is 404 g/mol. The smallest absolute Gasteiger partial charge is 0.233 e. The second kappa shape index (κ2) is 10.7. The highest BCUT2D eigenvalue weighted by Gasteiger charge is 2.16. The van der Waals surface area contributed by atoms with E-state index in [4.69, 9.17) is 17.0 Å². The highest BCUT2D eigenvalue weighted by Crippen LogP contribution is 2.23. The molecule has 31 heavy (non-hydrogen) atoms. The fourth-order valence-corrected chi connectivity index (χ4v) is 3.40. The molecule has 0 aliphatic carbocycles. The summed E-state index contributed by atoms with van der Waals surface area (Å²) >= 11 is 5.31. The summed E-state index contributed by atoms with van der Waals surface area (Å²) in [5.74, 6) is 1.67. The van der Waals surface area contributed by atoms with Crippen molar-refractivity contribution >= 4 is 28.9 Å².